The molecule has 0 saturated heterocycles. The highest BCUT2D eigenvalue weighted by Gasteiger charge is 2.61. The first-order valence-electron chi connectivity index (χ1n) is 12.0. The zero-order valence-electron chi connectivity index (χ0n) is 17.3. The van der Waals surface area contributed by atoms with Crippen molar-refractivity contribution in [3.05, 3.63) is 0 Å². The molecule has 6 aliphatic carbocycles. The Morgan fingerprint density at radius 1 is 0.607 bits per heavy atom. The molecule has 0 heterocycles. The van der Waals surface area contributed by atoms with Gasteiger partial charge in [-0.2, -0.15) is 0 Å². The number of hydrogen-bond donors (Lipinski definition) is 0. The normalized spacial score (nSPS) is 41.0. The van der Waals surface area contributed by atoms with Crippen LogP contribution in [0.25, 0.3) is 0 Å². The van der Waals surface area contributed by atoms with E-state index >= 15 is 0 Å². The van der Waals surface area contributed by atoms with Gasteiger partial charge in [0.05, 0.1) is 11.8 Å². The van der Waals surface area contributed by atoms with Crippen LogP contribution in [0.2, 0.25) is 0 Å². The van der Waals surface area contributed by atoms with Gasteiger partial charge in [-0.25, -0.2) is 0 Å². The van der Waals surface area contributed by atoms with Crippen LogP contribution >= 0.6 is 0 Å². The summed E-state index contributed by atoms with van der Waals surface area (Å²) in [6.07, 6.45) is 17.0. The molecule has 0 aromatic heterocycles. The molecule has 0 aromatic rings. The number of esters is 2. The summed E-state index contributed by atoms with van der Waals surface area (Å²) in [7, 11) is 0. The van der Waals surface area contributed by atoms with Gasteiger partial charge in [0.1, 0.15) is 11.2 Å². The maximum atomic E-state index is 12.9. The van der Waals surface area contributed by atoms with Gasteiger partial charge in [0.2, 0.25) is 0 Å². The molecule has 4 nitrogen and oxygen atoms in total. The Hall–Kier alpha value is -1.06. The smallest absolute Gasteiger partial charge is 0.309 e. The van der Waals surface area contributed by atoms with Crippen molar-refractivity contribution in [2.75, 3.05) is 0 Å². The van der Waals surface area contributed by atoms with Crippen molar-refractivity contribution < 1.29 is 19.1 Å². The van der Waals surface area contributed by atoms with E-state index < -0.39 is 0 Å². The summed E-state index contributed by atoms with van der Waals surface area (Å²) in [4.78, 5) is 25.9. The van der Waals surface area contributed by atoms with Crippen molar-refractivity contribution in [2.24, 2.45) is 23.7 Å². The topological polar surface area (TPSA) is 52.6 Å². The molecular weight excluding hydrogens is 352 g/mol. The Labute approximate surface area is 169 Å². The molecule has 0 amide bonds. The van der Waals surface area contributed by atoms with Crippen LogP contribution < -0.4 is 0 Å². The van der Waals surface area contributed by atoms with E-state index in [1.54, 1.807) is 0 Å². The molecule has 28 heavy (non-hydrogen) atoms. The zero-order chi connectivity index (χ0) is 19.2. The minimum absolute atomic E-state index is 0.0374. The summed E-state index contributed by atoms with van der Waals surface area (Å²) < 4.78 is 12.6. The van der Waals surface area contributed by atoms with Crippen LogP contribution in [-0.2, 0) is 19.1 Å². The van der Waals surface area contributed by atoms with Gasteiger partial charge in [0.15, 0.2) is 0 Å². The van der Waals surface area contributed by atoms with Crippen molar-refractivity contribution in [1.82, 2.24) is 0 Å². The number of carbonyl (C=O) groups excluding carboxylic acids is 2. The van der Waals surface area contributed by atoms with Crippen molar-refractivity contribution in [1.29, 1.82) is 0 Å². The van der Waals surface area contributed by atoms with Crippen LogP contribution in [0.15, 0.2) is 0 Å². The molecule has 0 unspecified atom stereocenters. The van der Waals surface area contributed by atoms with Crippen molar-refractivity contribution in [3.8, 4) is 0 Å². The molecule has 0 atom stereocenters. The van der Waals surface area contributed by atoms with Crippen molar-refractivity contribution in [3.63, 3.8) is 0 Å². The van der Waals surface area contributed by atoms with Crippen LogP contribution in [0.4, 0.5) is 0 Å². The van der Waals surface area contributed by atoms with Gasteiger partial charge in [-0.3, -0.25) is 9.59 Å². The quantitative estimate of drug-likeness (QED) is 0.611. The third-order valence-electron chi connectivity index (χ3n) is 8.46. The third kappa shape index (κ3) is 3.61. The fraction of sp³-hybridized carbons (Fsp3) is 0.917. The fourth-order valence-electron chi connectivity index (χ4n) is 7.60. The first-order chi connectivity index (χ1) is 13.5. The van der Waals surface area contributed by atoms with Gasteiger partial charge in [0.25, 0.3) is 0 Å². The molecule has 6 aliphatic rings. The van der Waals surface area contributed by atoms with Crippen LogP contribution in [-0.4, -0.2) is 23.1 Å². The summed E-state index contributed by atoms with van der Waals surface area (Å²) in [5, 5.41) is 0. The summed E-state index contributed by atoms with van der Waals surface area (Å²) in [6.45, 7) is 0. The van der Waals surface area contributed by atoms with Gasteiger partial charge in [-0.15, -0.1) is 0 Å². The lowest BCUT2D eigenvalue weighted by atomic mass is 9.52. The molecule has 6 saturated carbocycles. The Kier molecular flexibility index (Phi) is 4.95. The lowest BCUT2D eigenvalue weighted by Crippen LogP contribution is -2.62. The van der Waals surface area contributed by atoms with Crippen LogP contribution in [0, 0.1) is 23.7 Å². The first-order valence-corrected chi connectivity index (χ1v) is 12.0. The second-order valence-electron chi connectivity index (χ2n) is 10.8. The molecule has 0 aliphatic heterocycles. The highest BCUT2D eigenvalue weighted by molar-refractivity contribution is 5.74. The maximum Gasteiger partial charge on any atom is 0.309 e. The summed E-state index contributed by atoms with van der Waals surface area (Å²) in [5.74, 6) is 1.38. The molecule has 0 spiro atoms. The van der Waals surface area contributed by atoms with E-state index in [4.69, 9.17) is 9.47 Å². The van der Waals surface area contributed by atoms with Gasteiger partial charge in [0, 0.05) is 6.42 Å². The van der Waals surface area contributed by atoms with E-state index in [0.29, 0.717) is 11.8 Å². The zero-order valence-corrected chi connectivity index (χ0v) is 17.3. The number of carbonyl (C=O) groups is 2. The predicted molar refractivity (Wildman–Crippen MR) is 105 cm³/mol. The van der Waals surface area contributed by atoms with E-state index in [2.05, 4.69) is 0 Å². The second-order valence-corrected chi connectivity index (χ2v) is 10.8. The number of hydrogen-bond acceptors (Lipinski definition) is 4. The molecule has 0 aromatic carbocycles. The monoisotopic (exact) mass is 388 g/mol. The van der Waals surface area contributed by atoms with Crippen molar-refractivity contribution >= 4 is 11.9 Å². The molecular formula is C24H36O4. The van der Waals surface area contributed by atoms with Crippen LogP contribution in [0.3, 0.4) is 0 Å². The average Bonchev–Trinajstić information content (AvgIpc) is 2.67. The Balaban J connectivity index is 1.29. The molecule has 156 valence electrons. The van der Waals surface area contributed by atoms with Gasteiger partial charge < -0.3 is 9.47 Å². The van der Waals surface area contributed by atoms with E-state index in [1.165, 1.54) is 19.3 Å². The molecule has 0 N–H and O–H groups in total. The largest absolute Gasteiger partial charge is 0.459 e. The molecule has 4 heteroatoms. The van der Waals surface area contributed by atoms with Crippen molar-refractivity contribution in [2.45, 2.75) is 114 Å². The summed E-state index contributed by atoms with van der Waals surface area (Å²) in [5.41, 5.74) is -0.711. The van der Waals surface area contributed by atoms with Gasteiger partial charge in [-0.1, -0.05) is 38.5 Å². The maximum absolute atomic E-state index is 12.9. The van der Waals surface area contributed by atoms with Gasteiger partial charge in [-0.05, 0) is 69.6 Å². The molecule has 0 radical (unpaired) electrons. The third-order valence-corrected chi connectivity index (χ3v) is 8.46. The van der Waals surface area contributed by atoms with Crippen LogP contribution in [0.1, 0.15) is 103 Å². The number of rotatable bonds is 4. The Morgan fingerprint density at radius 2 is 1.00 bits per heavy atom. The average molecular weight is 389 g/mol. The van der Waals surface area contributed by atoms with E-state index in [-0.39, 0.29) is 35.0 Å². The van der Waals surface area contributed by atoms with E-state index in [0.717, 1.165) is 83.5 Å². The Morgan fingerprint density at radius 3 is 1.39 bits per heavy atom. The lowest BCUT2D eigenvalue weighted by Gasteiger charge is -2.60. The molecule has 4 bridgehead atoms. The summed E-state index contributed by atoms with van der Waals surface area (Å²) in [6, 6.07) is 0. The van der Waals surface area contributed by atoms with E-state index in [1.807, 2.05) is 0 Å². The van der Waals surface area contributed by atoms with Gasteiger partial charge >= 0.3 is 11.9 Å². The Bertz CT molecular complexity index is 550. The fourth-order valence-corrected chi connectivity index (χ4v) is 7.60. The minimum Gasteiger partial charge on any atom is -0.459 e. The minimum atomic E-state index is -0.356. The predicted octanol–water partition coefficient (Wildman–Crippen LogP) is 5.32. The molecule has 6 fully saturated rings. The highest BCUT2D eigenvalue weighted by atomic mass is 16.6. The lowest BCUT2D eigenvalue weighted by molar-refractivity contribution is -0.235. The first kappa shape index (κ1) is 18.9. The summed E-state index contributed by atoms with van der Waals surface area (Å²) >= 11 is 0. The SMILES string of the molecule is O=C(OC12CC3CC(C1)CC(OC(=O)C1CCCCC1)(C3)C2)C1CCCCC1. The number of ether oxygens (including phenoxy) is 2. The molecule has 6 rings (SSSR count). The standard InChI is InChI=1S/C24H36O4/c25-21(19-7-3-1-4-8-19)27-23-12-17-11-18(13-23)15-24(14-17,16-23)28-22(26)20-9-5-2-6-10-20/h17-20H,1-16H2. The van der Waals surface area contributed by atoms with E-state index in [9.17, 15) is 9.59 Å². The highest BCUT2D eigenvalue weighted by Crippen LogP contribution is 2.60. The second kappa shape index (κ2) is 7.32. The van der Waals surface area contributed by atoms with Crippen LogP contribution in [0.5, 0.6) is 0 Å².